The molecule has 0 saturated carbocycles. The molecule has 0 unspecified atom stereocenters. The largest absolute Gasteiger partial charge is 0.416 e. The van der Waals surface area contributed by atoms with Gasteiger partial charge in [0.25, 0.3) is 0 Å². The van der Waals surface area contributed by atoms with Crippen LogP contribution in [0.5, 0.6) is 0 Å². The molecule has 0 bridgehead atoms. The summed E-state index contributed by atoms with van der Waals surface area (Å²) < 4.78 is 45.5. The molecule has 1 fully saturated rings. The Labute approximate surface area is 116 Å². The molecule has 0 spiro atoms. The fourth-order valence-corrected chi connectivity index (χ4v) is 3.32. The van der Waals surface area contributed by atoms with E-state index in [1.165, 1.54) is 6.07 Å². The molecular weight excluding hydrogens is 267 g/mol. The highest BCUT2D eigenvalue weighted by Crippen LogP contribution is 2.45. The van der Waals surface area contributed by atoms with Gasteiger partial charge in [0.05, 0.1) is 17.8 Å². The van der Waals surface area contributed by atoms with E-state index < -0.39 is 11.7 Å². The molecule has 2 nitrogen and oxygen atoms in total. The number of hydrogen-bond acceptors (Lipinski definition) is 2. The molecule has 1 aromatic carbocycles. The summed E-state index contributed by atoms with van der Waals surface area (Å²) in [5, 5.41) is 3.24. The third-order valence-electron chi connectivity index (χ3n) is 4.54. The average Bonchev–Trinajstić information content (AvgIpc) is 2.78. The van der Waals surface area contributed by atoms with Gasteiger partial charge in [-0.3, -0.25) is 0 Å². The van der Waals surface area contributed by atoms with E-state index in [1.54, 1.807) is 0 Å². The number of hydrogen-bond donors (Lipinski definition) is 1. The molecule has 2 aliphatic heterocycles. The van der Waals surface area contributed by atoms with Crippen LogP contribution in [0, 0.1) is 0 Å². The molecule has 0 radical (unpaired) electrons. The smallest absolute Gasteiger partial charge is 0.369 e. The standard InChI is InChI=1S/C15H18F3NO/c1-3-9-4-10-11(12(5-9)15(16,17)18)7-20-14(2)8-19-6-13(10)14/h4-5,13,19H,3,6-8H2,1-2H3/t13-,14-/m1/s1. The molecule has 3 rings (SSSR count). The van der Waals surface area contributed by atoms with E-state index >= 15 is 0 Å². The number of benzene rings is 1. The Morgan fingerprint density at radius 3 is 2.80 bits per heavy atom. The van der Waals surface area contributed by atoms with Crippen LogP contribution >= 0.6 is 0 Å². The van der Waals surface area contributed by atoms with Crippen molar-refractivity contribution < 1.29 is 17.9 Å². The maximum atomic E-state index is 13.3. The second-order valence-electron chi connectivity index (χ2n) is 5.85. The number of halogens is 3. The normalized spacial score (nSPS) is 29.1. The van der Waals surface area contributed by atoms with Crippen LogP contribution in [0.15, 0.2) is 12.1 Å². The quantitative estimate of drug-likeness (QED) is 0.855. The Kier molecular flexibility index (Phi) is 3.10. The van der Waals surface area contributed by atoms with E-state index in [4.69, 9.17) is 4.74 Å². The molecule has 0 amide bonds. The van der Waals surface area contributed by atoms with Crippen molar-refractivity contribution in [3.05, 3.63) is 34.4 Å². The van der Waals surface area contributed by atoms with Crippen molar-refractivity contribution in [2.75, 3.05) is 13.1 Å². The first-order chi connectivity index (χ1) is 9.35. The summed E-state index contributed by atoms with van der Waals surface area (Å²) in [4.78, 5) is 0. The molecule has 110 valence electrons. The Morgan fingerprint density at radius 1 is 1.40 bits per heavy atom. The second-order valence-corrected chi connectivity index (χ2v) is 5.85. The summed E-state index contributed by atoms with van der Waals surface area (Å²) in [7, 11) is 0. The summed E-state index contributed by atoms with van der Waals surface area (Å²) in [6.45, 7) is 5.27. The third kappa shape index (κ3) is 2.04. The number of ether oxygens (including phenoxy) is 1. The van der Waals surface area contributed by atoms with Gasteiger partial charge in [-0.25, -0.2) is 0 Å². The average molecular weight is 285 g/mol. The molecule has 5 heteroatoms. The van der Waals surface area contributed by atoms with Crippen LogP contribution in [-0.4, -0.2) is 18.7 Å². The molecule has 2 aliphatic rings. The SMILES string of the molecule is CCc1cc2c(c(C(F)(F)F)c1)CO[C@]1(C)CNC[C@H]21. The first-order valence-corrected chi connectivity index (χ1v) is 6.92. The lowest BCUT2D eigenvalue weighted by atomic mass is 9.79. The monoisotopic (exact) mass is 285 g/mol. The number of fused-ring (bicyclic) bond motifs is 3. The van der Waals surface area contributed by atoms with Crippen molar-refractivity contribution in [3.63, 3.8) is 0 Å². The minimum Gasteiger partial charge on any atom is -0.369 e. The highest BCUT2D eigenvalue weighted by molar-refractivity contribution is 5.45. The van der Waals surface area contributed by atoms with Crippen LogP contribution in [-0.2, 0) is 23.9 Å². The highest BCUT2D eigenvalue weighted by Gasteiger charge is 2.47. The zero-order valence-electron chi connectivity index (χ0n) is 11.6. The molecule has 1 N–H and O–H groups in total. The van der Waals surface area contributed by atoms with E-state index in [-0.39, 0.29) is 18.1 Å². The van der Waals surface area contributed by atoms with Gasteiger partial charge in [0.15, 0.2) is 0 Å². The molecule has 1 aromatic rings. The van der Waals surface area contributed by atoms with Crippen LogP contribution in [0.2, 0.25) is 0 Å². The van der Waals surface area contributed by atoms with Gasteiger partial charge in [-0.05, 0) is 36.1 Å². The summed E-state index contributed by atoms with van der Waals surface area (Å²) >= 11 is 0. The fourth-order valence-electron chi connectivity index (χ4n) is 3.32. The Morgan fingerprint density at radius 2 is 2.15 bits per heavy atom. The van der Waals surface area contributed by atoms with Gasteiger partial charge in [0, 0.05) is 19.0 Å². The Hall–Kier alpha value is -1.07. The molecule has 1 saturated heterocycles. The minimum absolute atomic E-state index is 0.00106. The van der Waals surface area contributed by atoms with Crippen molar-refractivity contribution in [1.29, 1.82) is 0 Å². The van der Waals surface area contributed by atoms with Gasteiger partial charge < -0.3 is 10.1 Å². The summed E-state index contributed by atoms with van der Waals surface area (Å²) in [5.41, 5.74) is 0.965. The van der Waals surface area contributed by atoms with E-state index in [0.29, 0.717) is 25.1 Å². The number of nitrogens with one attached hydrogen (secondary N) is 1. The summed E-state index contributed by atoms with van der Waals surface area (Å²) in [5.74, 6) is -0.00106. The van der Waals surface area contributed by atoms with Crippen LogP contribution < -0.4 is 5.32 Å². The van der Waals surface area contributed by atoms with Crippen molar-refractivity contribution in [3.8, 4) is 0 Å². The maximum Gasteiger partial charge on any atom is 0.416 e. The van der Waals surface area contributed by atoms with Gasteiger partial charge in [0.1, 0.15) is 0 Å². The van der Waals surface area contributed by atoms with E-state index in [9.17, 15) is 13.2 Å². The van der Waals surface area contributed by atoms with E-state index in [0.717, 1.165) is 11.1 Å². The number of aryl methyl sites for hydroxylation is 1. The molecular formula is C15H18F3NO. The topological polar surface area (TPSA) is 21.3 Å². The van der Waals surface area contributed by atoms with Crippen LogP contribution in [0.4, 0.5) is 13.2 Å². The lowest BCUT2D eigenvalue weighted by molar-refractivity contribution is -0.141. The van der Waals surface area contributed by atoms with Crippen molar-refractivity contribution in [1.82, 2.24) is 5.32 Å². The lowest BCUT2D eigenvalue weighted by Crippen LogP contribution is -2.40. The molecule has 2 atom stereocenters. The predicted molar refractivity (Wildman–Crippen MR) is 69.6 cm³/mol. The molecule has 0 aromatic heterocycles. The Balaban J connectivity index is 2.18. The van der Waals surface area contributed by atoms with Crippen LogP contribution in [0.1, 0.15) is 42.0 Å². The first kappa shape index (κ1) is 13.9. The predicted octanol–water partition coefficient (Wildman–Crippen LogP) is 3.24. The van der Waals surface area contributed by atoms with Crippen LogP contribution in [0.3, 0.4) is 0 Å². The van der Waals surface area contributed by atoms with Crippen molar-refractivity contribution in [2.24, 2.45) is 0 Å². The second kappa shape index (κ2) is 4.46. The van der Waals surface area contributed by atoms with Gasteiger partial charge in [-0.15, -0.1) is 0 Å². The summed E-state index contributed by atoms with van der Waals surface area (Å²) in [6.07, 6.45) is -3.72. The maximum absolute atomic E-state index is 13.3. The fraction of sp³-hybridized carbons (Fsp3) is 0.600. The number of alkyl halides is 3. The summed E-state index contributed by atoms with van der Waals surface area (Å²) in [6, 6.07) is 3.20. The van der Waals surface area contributed by atoms with Gasteiger partial charge in [0.2, 0.25) is 0 Å². The van der Waals surface area contributed by atoms with Crippen molar-refractivity contribution in [2.45, 2.75) is 44.6 Å². The van der Waals surface area contributed by atoms with Crippen molar-refractivity contribution >= 4 is 0 Å². The highest BCUT2D eigenvalue weighted by atomic mass is 19.4. The number of rotatable bonds is 1. The zero-order chi connectivity index (χ0) is 14.5. The molecule has 2 heterocycles. The molecule has 20 heavy (non-hydrogen) atoms. The van der Waals surface area contributed by atoms with E-state index in [2.05, 4.69) is 5.32 Å². The first-order valence-electron chi connectivity index (χ1n) is 6.92. The van der Waals surface area contributed by atoms with Gasteiger partial charge >= 0.3 is 6.18 Å². The minimum atomic E-state index is -4.32. The zero-order valence-corrected chi connectivity index (χ0v) is 11.6. The van der Waals surface area contributed by atoms with Gasteiger partial charge in [-0.2, -0.15) is 13.2 Å². The Bertz CT molecular complexity index is 541. The molecule has 0 aliphatic carbocycles. The van der Waals surface area contributed by atoms with Gasteiger partial charge in [-0.1, -0.05) is 13.0 Å². The third-order valence-corrected chi connectivity index (χ3v) is 4.54. The lowest BCUT2D eigenvalue weighted by Gasteiger charge is -2.38. The van der Waals surface area contributed by atoms with E-state index in [1.807, 2.05) is 19.9 Å². The van der Waals surface area contributed by atoms with Crippen LogP contribution in [0.25, 0.3) is 0 Å².